The van der Waals surface area contributed by atoms with Gasteiger partial charge in [-0.05, 0) is 62.2 Å². The van der Waals surface area contributed by atoms with Crippen molar-refractivity contribution in [1.29, 1.82) is 0 Å². The predicted octanol–water partition coefficient (Wildman–Crippen LogP) is 8.52. The summed E-state index contributed by atoms with van der Waals surface area (Å²) < 4.78 is 34.8. The van der Waals surface area contributed by atoms with Gasteiger partial charge in [-0.3, -0.25) is 0 Å². The van der Waals surface area contributed by atoms with E-state index in [1.54, 1.807) is 6.07 Å². The Labute approximate surface area is 238 Å². The summed E-state index contributed by atoms with van der Waals surface area (Å²) in [5, 5.41) is 3.53. The predicted molar refractivity (Wildman–Crippen MR) is 156 cm³/mol. The first kappa shape index (κ1) is 27.4. The monoisotopic (exact) mass is 589 g/mol. The van der Waals surface area contributed by atoms with E-state index in [9.17, 15) is 4.39 Å². The van der Waals surface area contributed by atoms with E-state index in [0.717, 1.165) is 22.6 Å². The van der Waals surface area contributed by atoms with E-state index in [0.29, 0.717) is 23.2 Å². The number of hydrogen-bond acceptors (Lipinski definition) is 4. The maximum atomic E-state index is 14.6. The van der Waals surface area contributed by atoms with Crippen LogP contribution in [0, 0.1) is 12.7 Å². The number of fused-ring (bicyclic) bond motifs is 1. The van der Waals surface area contributed by atoms with Crippen LogP contribution in [-0.2, 0) is 29.2 Å². The minimum Gasteiger partial charge on any atom is -0.485 e. The Balaban J connectivity index is 1.42. The number of anilines is 1. The van der Waals surface area contributed by atoms with Crippen LogP contribution < -0.4 is 10.1 Å². The lowest BCUT2D eigenvalue weighted by Crippen LogP contribution is -2.51. The zero-order valence-electron chi connectivity index (χ0n) is 22.4. The van der Waals surface area contributed by atoms with E-state index in [2.05, 4.69) is 58.5 Å². The zero-order valence-corrected chi connectivity index (χ0v) is 24.0. The largest absolute Gasteiger partial charge is 0.485 e. The van der Waals surface area contributed by atoms with Crippen LogP contribution in [0.5, 0.6) is 5.75 Å². The van der Waals surface area contributed by atoms with Gasteiger partial charge in [-0.2, -0.15) is 0 Å². The summed E-state index contributed by atoms with van der Waals surface area (Å²) in [6.07, 6.45) is -0.910. The molecule has 202 valence electrons. The van der Waals surface area contributed by atoms with E-state index in [4.69, 9.17) is 14.2 Å². The normalized spacial score (nSPS) is 17.8. The maximum Gasteiger partial charge on any atom is 0.132 e. The molecule has 0 saturated heterocycles. The molecule has 0 bridgehead atoms. The van der Waals surface area contributed by atoms with Crippen LogP contribution in [0.25, 0.3) is 0 Å². The summed E-state index contributed by atoms with van der Waals surface area (Å²) in [4.78, 5) is 0. The highest BCUT2D eigenvalue weighted by molar-refractivity contribution is 9.10. The quantitative estimate of drug-likeness (QED) is 0.212. The third-order valence-corrected chi connectivity index (χ3v) is 7.47. The van der Waals surface area contributed by atoms with Gasteiger partial charge in [0.25, 0.3) is 0 Å². The maximum absolute atomic E-state index is 14.6. The van der Waals surface area contributed by atoms with Crippen molar-refractivity contribution in [2.75, 3.05) is 5.32 Å². The summed E-state index contributed by atoms with van der Waals surface area (Å²) in [6.45, 7) is 7.27. The van der Waals surface area contributed by atoms with Crippen molar-refractivity contribution in [2.24, 2.45) is 0 Å². The highest BCUT2D eigenvalue weighted by Gasteiger charge is 2.46. The molecule has 0 radical (unpaired) electrons. The topological polar surface area (TPSA) is 39.7 Å². The molecule has 0 fully saturated rings. The summed E-state index contributed by atoms with van der Waals surface area (Å²) in [5.74, 6) is 0.442. The lowest BCUT2D eigenvalue weighted by atomic mass is 9.87. The van der Waals surface area contributed by atoms with Crippen LogP contribution in [0.1, 0.15) is 47.8 Å². The molecule has 0 amide bonds. The third kappa shape index (κ3) is 6.70. The highest BCUT2D eigenvalue weighted by atomic mass is 79.9. The van der Waals surface area contributed by atoms with Gasteiger partial charge in [0.2, 0.25) is 0 Å². The van der Waals surface area contributed by atoms with Crippen molar-refractivity contribution in [2.45, 2.75) is 58.3 Å². The first-order chi connectivity index (χ1) is 18.8. The molecule has 4 aromatic carbocycles. The fraction of sp³-hybridized carbons (Fsp3) is 0.273. The lowest BCUT2D eigenvalue weighted by Gasteiger charge is -2.44. The number of halogens is 2. The smallest absolute Gasteiger partial charge is 0.132 e. The number of ether oxygens (including phenoxy) is 3. The number of rotatable bonds is 9. The van der Waals surface area contributed by atoms with Crippen molar-refractivity contribution in [1.82, 2.24) is 0 Å². The molecule has 0 spiro atoms. The van der Waals surface area contributed by atoms with Crippen LogP contribution in [0.3, 0.4) is 0 Å². The van der Waals surface area contributed by atoms with Gasteiger partial charge < -0.3 is 19.5 Å². The summed E-state index contributed by atoms with van der Waals surface area (Å²) in [5.41, 5.74) is 5.14. The molecule has 1 heterocycles. The Morgan fingerprint density at radius 3 is 2.38 bits per heavy atom. The molecule has 1 aliphatic heterocycles. The second-order valence-corrected chi connectivity index (χ2v) is 11.4. The van der Waals surface area contributed by atoms with E-state index in [-0.39, 0.29) is 12.4 Å². The van der Waals surface area contributed by atoms with Crippen LogP contribution in [0.4, 0.5) is 10.1 Å². The molecular weight excluding hydrogens is 557 g/mol. The SMILES string of the molecule is Cc1ccc(CNc2ccc3c(c2)C(OCc2ccccc2)C(OCc2ccc(Br)cc2F)C(C)(C)O3)cc1. The summed E-state index contributed by atoms with van der Waals surface area (Å²) in [6, 6.07) is 29.6. The molecule has 6 heteroatoms. The first-order valence-electron chi connectivity index (χ1n) is 13.1. The minimum atomic E-state index is -0.711. The molecular formula is C33H33BrFNO3. The van der Waals surface area contributed by atoms with E-state index in [1.165, 1.54) is 17.2 Å². The molecule has 0 saturated carbocycles. The van der Waals surface area contributed by atoms with Crippen molar-refractivity contribution >= 4 is 21.6 Å². The molecule has 1 N–H and O–H groups in total. The van der Waals surface area contributed by atoms with Gasteiger partial charge >= 0.3 is 0 Å². The van der Waals surface area contributed by atoms with Crippen LogP contribution in [-0.4, -0.2) is 11.7 Å². The standard InChI is InChI=1S/C33H33BrFNO3/c1-22-9-11-23(12-10-22)19-36-27-15-16-30-28(18-27)31(37-20-24-7-5-4-6-8-24)32(33(2,3)39-30)38-21-25-13-14-26(34)17-29(25)35/h4-18,31-32,36H,19-21H2,1-3H3. The number of nitrogens with one attached hydrogen (secondary N) is 1. The molecule has 1 aliphatic rings. The number of aryl methyl sites for hydroxylation is 1. The van der Waals surface area contributed by atoms with Gasteiger partial charge in [0.1, 0.15) is 29.4 Å². The van der Waals surface area contributed by atoms with Crippen molar-refractivity contribution in [3.05, 3.63) is 129 Å². The molecule has 4 aromatic rings. The molecule has 5 rings (SSSR count). The molecule has 4 nitrogen and oxygen atoms in total. The summed E-state index contributed by atoms with van der Waals surface area (Å²) in [7, 11) is 0. The van der Waals surface area contributed by atoms with Crippen molar-refractivity contribution in [3.63, 3.8) is 0 Å². The van der Waals surface area contributed by atoms with E-state index >= 15 is 0 Å². The Hall–Kier alpha value is -3.19. The summed E-state index contributed by atoms with van der Waals surface area (Å²) >= 11 is 3.32. The lowest BCUT2D eigenvalue weighted by molar-refractivity contribution is -0.171. The Morgan fingerprint density at radius 1 is 0.872 bits per heavy atom. The van der Waals surface area contributed by atoms with Gasteiger partial charge in [-0.15, -0.1) is 0 Å². The Bertz CT molecular complexity index is 1410. The van der Waals surface area contributed by atoms with Crippen LogP contribution >= 0.6 is 15.9 Å². The van der Waals surface area contributed by atoms with Crippen LogP contribution in [0.2, 0.25) is 0 Å². The van der Waals surface area contributed by atoms with Crippen molar-refractivity contribution in [3.8, 4) is 5.75 Å². The number of hydrogen-bond donors (Lipinski definition) is 1. The van der Waals surface area contributed by atoms with Crippen LogP contribution in [0.15, 0.2) is 95.5 Å². The molecule has 39 heavy (non-hydrogen) atoms. The van der Waals surface area contributed by atoms with E-state index in [1.807, 2.05) is 62.4 Å². The van der Waals surface area contributed by atoms with E-state index < -0.39 is 17.8 Å². The zero-order chi connectivity index (χ0) is 27.4. The molecule has 2 unspecified atom stereocenters. The average molecular weight is 591 g/mol. The fourth-order valence-electron chi connectivity index (χ4n) is 4.80. The first-order valence-corrected chi connectivity index (χ1v) is 13.9. The second kappa shape index (κ2) is 11.9. The third-order valence-electron chi connectivity index (χ3n) is 6.97. The highest BCUT2D eigenvalue weighted by Crippen LogP contribution is 2.45. The van der Waals surface area contributed by atoms with Gasteiger partial charge in [0, 0.05) is 27.8 Å². The second-order valence-electron chi connectivity index (χ2n) is 10.5. The van der Waals surface area contributed by atoms with Gasteiger partial charge in [-0.1, -0.05) is 82.2 Å². The van der Waals surface area contributed by atoms with Gasteiger partial charge in [0.05, 0.1) is 13.2 Å². The fourth-order valence-corrected chi connectivity index (χ4v) is 5.13. The van der Waals surface area contributed by atoms with Gasteiger partial charge in [0.15, 0.2) is 0 Å². The average Bonchev–Trinajstić information content (AvgIpc) is 2.92. The molecule has 2 atom stereocenters. The minimum absolute atomic E-state index is 0.0997. The molecule has 0 aliphatic carbocycles. The van der Waals surface area contributed by atoms with Crippen molar-refractivity contribution < 1.29 is 18.6 Å². The number of benzene rings is 4. The van der Waals surface area contributed by atoms with Gasteiger partial charge in [-0.25, -0.2) is 4.39 Å². The Morgan fingerprint density at radius 2 is 1.64 bits per heavy atom. The Kier molecular flexibility index (Phi) is 8.36. The molecule has 0 aromatic heterocycles.